The quantitative estimate of drug-likeness (QED) is 0.00871. The van der Waals surface area contributed by atoms with Crippen molar-refractivity contribution >= 4 is 211 Å². The van der Waals surface area contributed by atoms with E-state index in [4.69, 9.17) is 36.7 Å². The number of carbonyl (C=O) groups is 16. The number of ketones is 16. The van der Waals surface area contributed by atoms with Crippen LogP contribution in [0.3, 0.4) is 0 Å². The van der Waals surface area contributed by atoms with E-state index in [1.54, 1.807) is 0 Å². The van der Waals surface area contributed by atoms with Crippen LogP contribution < -0.4 is 118 Å². The van der Waals surface area contributed by atoms with Crippen molar-refractivity contribution < 1.29 is 362 Å². The Kier molecular flexibility index (Phi) is 79.4. The normalized spacial score (nSPS) is 16.8. The monoisotopic (exact) mass is 2430 g/mol. The van der Waals surface area contributed by atoms with E-state index in [-0.39, 0.29) is 231 Å². The van der Waals surface area contributed by atoms with Crippen molar-refractivity contribution in [3.05, 3.63) is 64.6 Å². The van der Waals surface area contributed by atoms with Gasteiger partial charge in [0.15, 0.2) is 34.7 Å². The third-order valence-electron chi connectivity index (χ3n) is 17.7. The van der Waals surface area contributed by atoms with E-state index in [0.717, 1.165) is 53.5 Å². The van der Waals surface area contributed by atoms with Crippen molar-refractivity contribution in [3.63, 3.8) is 0 Å². The molecule has 4 atom stereocenters. The maximum absolute atomic E-state index is 12.9. The molecule has 2 spiro atoms. The van der Waals surface area contributed by atoms with Gasteiger partial charge < -0.3 is 70.2 Å². The molecule has 2 aliphatic heterocycles. The molecule has 4 aliphatic carbocycles. The van der Waals surface area contributed by atoms with Crippen LogP contribution in [0.4, 0.5) is 65.9 Å². The second-order valence-corrected chi connectivity index (χ2v) is 35.9. The van der Waals surface area contributed by atoms with Crippen LogP contribution in [0.1, 0.15) is 204 Å². The Morgan fingerprint density at radius 3 is 1.08 bits per heavy atom. The van der Waals surface area contributed by atoms with Crippen LogP contribution in [0.25, 0.3) is 0 Å². The Labute approximate surface area is 945 Å². The topological polar surface area (TPSA) is 654 Å². The number of benzene rings is 3. The van der Waals surface area contributed by atoms with Crippen LogP contribution in [0.5, 0.6) is 34.5 Å². The zero-order valence-electron chi connectivity index (χ0n) is 74.6. The smallest absolute Gasteiger partial charge is 0.748 e. The van der Waals surface area contributed by atoms with Gasteiger partial charge >= 0.3 is 160 Å². The molecule has 3 aromatic carbocycles. The molecule has 0 amide bonds. The molecule has 806 valence electrons. The molecule has 6 N–H and O–H groups in total. The minimum atomic E-state index is -5.42. The number of thioether (sulfide) groups is 2. The summed E-state index contributed by atoms with van der Waals surface area (Å²) in [5.74, 6) is -33.0. The standard InChI is InChI=1S/C14H14F3O7S3.C12H13F3O5.C10H9F3O4.2C10H7F3O4.C8H12O3.C6H8O2.2C2H6O3S2.4CH4.Br2.4Na.O3S/c1-3-25-11-7(6(2)18)9(19)12(26-4-5-27(22,23)24)8(10(11)20)13(21)14(15,16)17;1-6(16)7-4-11(19-2-3-20-11)5-8(9(7)17)10(18)12(13,14)15;2*1-4(14)5-2-8(16)6(3-7(5)15)9(17)10(11,12)13;1-4(14)6-2-5(15)3-7(8(6)16)9(17)10(11,12)13;9-7-1-3-8(4-2-7)10-5-6-11-8;7-5-1-2-6(8)4-3-5;2*3-7(4,5)2-1-6;;;;;1-2;;;;;1-4(2)3/h19-20H,1,3-5H2,2H3,(H,22,23,24);7-8H,2-5H2,1H3;5-6H,2-3H2,1H3;2*2-3,15-16H,1H3;1-6H2;1-4H2;2*6H,1-2H2,(H,3,4,5);4*1H4;;;;;;/q-1;;;;;;;;;;;;;;4*+1;/p-3. The molecular weight excluding hydrogens is 2340 g/mol. The first-order chi connectivity index (χ1) is 62.3. The van der Waals surface area contributed by atoms with Gasteiger partial charge in [0.1, 0.15) is 75.0 Å². The zero-order chi connectivity index (χ0) is 108. The first-order valence-electron chi connectivity index (χ1n) is 37.3. The molecule has 145 heavy (non-hydrogen) atoms. The average Bonchev–Trinajstić information content (AvgIpc) is 1.61. The van der Waals surface area contributed by atoms with Crippen molar-refractivity contribution in [2.45, 2.75) is 194 Å². The van der Waals surface area contributed by atoms with E-state index in [1.807, 2.05) is 0 Å². The summed E-state index contributed by atoms with van der Waals surface area (Å²) in [4.78, 5) is 177. The predicted octanol–water partition coefficient (Wildman–Crippen LogP) is 0.358. The number of phenolic OH excluding ortho intramolecular Hbond substituents is 6. The number of halogens is 17. The van der Waals surface area contributed by atoms with E-state index in [1.165, 1.54) is 0 Å². The summed E-state index contributed by atoms with van der Waals surface area (Å²) in [6.45, 7) is 10.3. The molecule has 9 rings (SSSR count). The molecule has 0 aromatic heterocycles. The Bertz CT molecular complexity index is 5360. The van der Waals surface area contributed by atoms with Crippen molar-refractivity contribution in [3.8, 4) is 34.5 Å². The molecule has 38 nitrogen and oxygen atoms in total. The van der Waals surface area contributed by atoms with Gasteiger partial charge in [-0.1, -0.05) is 29.7 Å². The van der Waals surface area contributed by atoms with Crippen LogP contribution >= 0.6 is 77.0 Å². The predicted molar refractivity (Wildman–Crippen MR) is 475 cm³/mol. The van der Waals surface area contributed by atoms with Gasteiger partial charge in [-0.2, -0.15) is 103 Å². The SMILES string of the molecule is BrBr.C.C.C.C.CC(=O)C1CC(=O)C(C(=O)C(F)(F)F)CC1=O.CC(=O)C1CC2(CC(C(=O)C(F)(F)F)C1=O)OCCO2.CC(=O)c1cc(O)c(C(=O)C(F)(F)F)cc1O.CC(=O)c1cc(O)cc(C(=O)C(F)(F)F)c1O.O=C1CCC(=O)CC1.O=C1CCC2(CC1)OCCO2.O=S(=O)([O-])CCS.O=S(=O)([O-])CCS.O=S(=O)=O.[CH2-]CSc1c(O)c(C(=O)C(F)(F)F)c(SCCS(=O)(=O)[O-])c(O)c1C(C)=O.[Na+].[Na+].[Na+].[Na+]. The third-order valence-corrected chi connectivity index (χ3v) is 23.1. The fourth-order valence-corrected chi connectivity index (χ4v) is 16.0. The van der Waals surface area contributed by atoms with Crippen LogP contribution in [-0.4, -0.2) is 284 Å². The zero-order valence-corrected chi connectivity index (χ0v) is 92.5. The van der Waals surface area contributed by atoms with E-state index in [9.17, 15) is 207 Å². The average molecular weight is 2430 g/mol. The minimum Gasteiger partial charge on any atom is -0.748 e. The van der Waals surface area contributed by atoms with Crippen LogP contribution in [0.15, 0.2) is 34.1 Å². The van der Waals surface area contributed by atoms with Crippen LogP contribution in [0, 0.1) is 30.6 Å². The summed E-state index contributed by atoms with van der Waals surface area (Å²) in [5, 5.41) is 57.4. The number of ether oxygens (including phenoxy) is 4. The molecule has 6 aliphatic rings. The summed E-state index contributed by atoms with van der Waals surface area (Å²) in [5.41, 5.74) is -5.01. The van der Waals surface area contributed by atoms with Crippen LogP contribution in [0.2, 0.25) is 0 Å². The Balaban J connectivity index is -0.000000179. The van der Waals surface area contributed by atoms with Gasteiger partial charge in [0.05, 0.1) is 124 Å². The van der Waals surface area contributed by atoms with Crippen molar-refractivity contribution in [1.29, 1.82) is 0 Å². The Morgan fingerprint density at radius 2 is 0.745 bits per heavy atom. The van der Waals surface area contributed by atoms with E-state index < -0.39 is 279 Å². The summed E-state index contributed by atoms with van der Waals surface area (Å²) in [7, 11) is -15.8. The Hall–Kier alpha value is -4.32. The van der Waals surface area contributed by atoms with Gasteiger partial charge in [-0.3, -0.25) is 76.7 Å². The van der Waals surface area contributed by atoms with Gasteiger partial charge in [-0.05, 0) is 58.9 Å². The number of Topliss-reactive ketones (excluding diaryl/α,β-unsaturated/α-hetero) is 16. The molecule has 2 saturated heterocycles. The first-order valence-corrected chi connectivity index (χ1v) is 50.0. The minimum absolute atomic E-state index is 0. The second-order valence-electron chi connectivity index (χ2n) is 27.8. The summed E-state index contributed by atoms with van der Waals surface area (Å²) < 4.78 is 322. The summed E-state index contributed by atoms with van der Waals surface area (Å²) in [6.07, 6.45) is -23.4. The van der Waals surface area contributed by atoms with Gasteiger partial charge in [0.2, 0.25) is 11.6 Å². The molecule has 3 aromatic rings. The molecule has 67 heteroatoms. The van der Waals surface area contributed by atoms with Crippen LogP contribution in [-0.2, 0) is 108 Å². The number of alkyl halides is 15. The fraction of sp³-hybridized carbons (Fsp3) is 0.551. The molecule has 4 saturated carbocycles. The largest absolute Gasteiger partial charge is 1.00 e. The second kappa shape index (κ2) is 71.6. The van der Waals surface area contributed by atoms with E-state index in [2.05, 4.69) is 60.4 Å². The molecule has 6 fully saturated rings. The van der Waals surface area contributed by atoms with E-state index in [0.29, 0.717) is 87.5 Å². The number of rotatable bonds is 20. The number of phenols is 6. The number of carbonyl (C=O) groups excluding carboxylic acids is 16. The molecule has 0 bridgehead atoms. The number of hydrogen-bond acceptors (Lipinski definition) is 42. The third kappa shape index (κ3) is 58.0. The molecule has 4 unspecified atom stereocenters. The maximum atomic E-state index is 12.9. The van der Waals surface area contributed by atoms with Crippen molar-refractivity contribution in [1.82, 2.24) is 0 Å². The van der Waals surface area contributed by atoms with Gasteiger partial charge in [-0.25, -0.2) is 25.3 Å². The van der Waals surface area contributed by atoms with Gasteiger partial charge in [-0.15, -0.1) is 30.1 Å². The maximum Gasteiger partial charge on any atom is 1.00 e. The summed E-state index contributed by atoms with van der Waals surface area (Å²) >= 11 is 13.4. The van der Waals surface area contributed by atoms with Crippen molar-refractivity contribution in [2.75, 3.05) is 66.7 Å². The van der Waals surface area contributed by atoms with Gasteiger partial charge in [0.25, 0.3) is 17.3 Å². The number of aromatic hydroxyl groups is 6. The summed E-state index contributed by atoms with van der Waals surface area (Å²) in [6, 6.07) is 2.28. The van der Waals surface area contributed by atoms with Gasteiger partial charge in [0, 0.05) is 140 Å². The van der Waals surface area contributed by atoms with E-state index >= 15 is 0 Å². The molecule has 0 radical (unpaired) electrons. The number of thiol groups is 2. The number of hydrogen-bond donors (Lipinski definition) is 8. The first kappa shape index (κ1) is 161. The molecular formula is C78H95Br2F15Na4O38S8. The fourth-order valence-electron chi connectivity index (χ4n) is 11.5. The van der Waals surface area contributed by atoms with Crippen molar-refractivity contribution in [2.24, 2.45) is 23.7 Å². The molecule has 2 heterocycles. The Morgan fingerprint density at radius 1 is 0.434 bits per heavy atom.